The molecule has 2 nitrogen and oxygen atoms in total. The molecule has 0 aromatic rings. The van der Waals surface area contributed by atoms with Crippen molar-refractivity contribution in [2.45, 2.75) is 25.6 Å². The second-order valence-electron chi connectivity index (χ2n) is 3.34. The lowest BCUT2D eigenvalue weighted by molar-refractivity contribution is 0.132. The van der Waals surface area contributed by atoms with Gasteiger partial charge in [0.15, 0.2) is 0 Å². The largest absolute Gasteiger partial charge is 0.460 e. The highest BCUT2D eigenvalue weighted by Crippen LogP contribution is 2.47. The average Bonchev–Trinajstić information content (AvgIpc) is 2.69. The van der Waals surface area contributed by atoms with Crippen LogP contribution in [0.5, 0.6) is 0 Å². The Hall–Kier alpha value is -0.0151. The number of rotatable bonds is 1. The zero-order valence-corrected chi connectivity index (χ0v) is 6.38. The van der Waals surface area contributed by atoms with Crippen LogP contribution < -0.4 is 0 Å². The minimum Gasteiger partial charge on any atom is -0.411 e. The van der Waals surface area contributed by atoms with E-state index in [9.17, 15) is 0 Å². The van der Waals surface area contributed by atoms with Crippen LogP contribution in [0.4, 0.5) is 0 Å². The molecule has 1 aliphatic heterocycles. The predicted molar refractivity (Wildman–Crippen MR) is 39.8 cm³/mol. The van der Waals surface area contributed by atoms with Crippen molar-refractivity contribution in [2.75, 3.05) is 13.2 Å². The average molecular weight is 140 g/mol. The zero-order valence-electron chi connectivity index (χ0n) is 6.38. The van der Waals surface area contributed by atoms with Crippen LogP contribution in [0.15, 0.2) is 0 Å². The molecule has 2 atom stereocenters. The molecule has 0 aromatic carbocycles. The molecule has 2 aliphatic rings. The first-order valence-electron chi connectivity index (χ1n) is 4.11. The quantitative estimate of drug-likeness (QED) is 0.511. The molecule has 1 aliphatic carbocycles. The summed E-state index contributed by atoms with van der Waals surface area (Å²) in [7, 11) is 0.142. The summed E-state index contributed by atoms with van der Waals surface area (Å²) in [5.74, 6) is 1.54. The van der Waals surface area contributed by atoms with Crippen molar-refractivity contribution in [1.82, 2.24) is 0 Å². The highest BCUT2D eigenvalue weighted by molar-refractivity contribution is 6.47. The van der Waals surface area contributed by atoms with Gasteiger partial charge in [0.1, 0.15) is 0 Å². The molecule has 1 heterocycles. The van der Waals surface area contributed by atoms with Gasteiger partial charge >= 0.3 is 7.12 Å². The van der Waals surface area contributed by atoms with Crippen molar-refractivity contribution in [3.8, 4) is 0 Å². The van der Waals surface area contributed by atoms with Gasteiger partial charge in [0.25, 0.3) is 0 Å². The molecule has 1 saturated heterocycles. The minimum atomic E-state index is 0.142. The van der Waals surface area contributed by atoms with Crippen molar-refractivity contribution in [2.24, 2.45) is 5.92 Å². The first kappa shape index (κ1) is 6.68. The molecule has 0 spiro atoms. The molecule has 2 fully saturated rings. The fourth-order valence-electron chi connectivity index (χ4n) is 1.48. The summed E-state index contributed by atoms with van der Waals surface area (Å²) in [5.41, 5.74) is 0. The third-order valence-electron chi connectivity index (χ3n) is 2.37. The lowest BCUT2D eigenvalue weighted by Gasteiger charge is -2.19. The summed E-state index contributed by atoms with van der Waals surface area (Å²) in [4.78, 5) is 0. The molecule has 10 heavy (non-hydrogen) atoms. The maximum absolute atomic E-state index is 5.45. The Bertz CT molecular complexity index is 123. The summed E-state index contributed by atoms with van der Waals surface area (Å²) in [6.07, 6.45) is 2.36. The Morgan fingerprint density at radius 2 is 1.90 bits per heavy atom. The Morgan fingerprint density at radius 1 is 1.30 bits per heavy atom. The summed E-state index contributed by atoms with van der Waals surface area (Å²) < 4.78 is 10.9. The van der Waals surface area contributed by atoms with Gasteiger partial charge in [-0.1, -0.05) is 6.92 Å². The molecule has 3 heteroatoms. The van der Waals surface area contributed by atoms with E-state index < -0.39 is 0 Å². The van der Waals surface area contributed by atoms with Gasteiger partial charge in [0.2, 0.25) is 0 Å². The number of hydrogen-bond donors (Lipinski definition) is 0. The van der Waals surface area contributed by atoms with Gasteiger partial charge in [-0.2, -0.15) is 0 Å². The van der Waals surface area contributed by atoms with E-state index in [-0.39, 0.29) is 7.12 Å². The van der Waals surface area contributed by atoms with E-state index in [4.69, 9.17) is 9.31 Å². The second-order valence-corrected chi connectivity index (χ2v) is 3.34. The highest BCUT2D eigenvalue weighted by atomic mass is 16.6. The Labute approximate surface area is 62.0 Å². The van der Waals surface area contributed by atoms with E-state index in [1.807, 2.05) is 0 Å². The molecule has 2 rings (SSSR count). The van der Waals surface area contributed by atoms with Gasteiger partial charge in [0.05, 0.1) is 0 Å². The molecule has 56 valence electrons. The summed E-state index contributed by atoms with van der Waals surface area (Å²) >= 11 is 0. The maximum atomic E-state index is 5.45. The van der Waals surface area contributed by atoms with Crippen LogP contribution in [-0.2, 0) is 9.31 Å². The topological polar surface area (TPSA) is 18.5 Å². The van der Waals surface area contributed by atoms with Crippen LogP contribution in [0.2, 0.25) is 5.82 Å². The summed E-state index contributed by atoms with van der Waals surface area (Å²) in [6.45, 7) is 4.05. The van der Waals surface area contributed by atoms with E-state index in [1.54, 1.807) is 0 Å². The molecule has 0 aromatic heterocycles. The monoisotopic (exact) mass is 140 g/mol. The molecule has 1 saturated carbocycles. The minimum absolute atomic E-state index is 0.142. The fraction of sp³-hybridized carbons (Fsp3) is 1.00. The summed E-state index contributed by atoms with van der Waals surface area (Å²) in [6, 6.07) is 0. The summed E-state index contributed by atoms with van der Waals surface area (Å²) in [5, 5.41) is 0. The van der Waals surface area contributed by atoms with Crippen molar-refractivity contribution < 1.29 is 9.31 Å². The van der Waals surface area contributed by atoms with E-state index in [0.29, 0.717) is 5.82 Å². The Balaban J connectivity index is 1.81. The van der Waals surface area contributed by atoms with Crippen LogP contribution >= 0.6 is 0 Å². The Kier molecular flexibility index (Phi) is 1.70. The van der Waals surface area contributed by atoms with Gasteiger partial charge in [-0.05, 0) is 24.6 Å². The predicted octanol–water partition coefficient (Wildman–Crippen LogP) is 1.32. The first-order valence-corrected chi connectivity index (χ1v) is 4.11. The third kappa shape index (κ3) is 1.20. The lowest BCUT2D eigenvalue weighted by atomic mass is 9.79. The van der Waals surface area contributed by atoms with E-state index in [1.165, 1.54) is 6.42 Å². The van der Waals surface area contributed by atoms with E-state index >= 15 is 0 Å². The van der Waals surface area contributed by atoms with Crippen molar-refractivity contribution in [1.29, 1.82) is 0 Å². The third-order valence-corrected chi connectivity index (χ3v) is 2.37. The standard InChI is InChI=1S/C7H13BO2/c1-6-5-7(6)8-9-3-2-4-10-8/h6-7H,2-5H2,1H3/t6-,7+/m0/s1. The van der Waals surface area contributed by atoms with Crippen LogP contribution in [0.25, 0.3) is 0 Å². The van der Waals surface area contributed by atoms with E-state index in [2.05, 4.69) is 6.92 Å². The van der Waals surface area contributed by atoms with Gasteiger partial charge in [0, 0.05) is 13.2 Å². The van der Waals surface area contributed by atoms with Gasteiger partial charge in [-0.3, -0.25) is 0 Å². The van der Waals surface area contributed by atoms with Crippen molar-refractivity contribution in [3.63, 3.8) is 0 Å². The molecule has 0 radical (unpaired) electrons. The molecular formula is C7H13BO2. The van der Waals surface area contributed by atoms with Gasteiger partial charge in [-0.15, -0.1) is 0 Å². The van der Waals surface area contributed by atoms with Gasteiger partial charge < -0.3 is 9.31 Å². The van der Waals surface area contributed by atoms with E-state index in [0.717, 1.165) is 25.6 Å². The smallest absolute Gasteiger partial charge is 0.411 e. The number of hydrogen-bond acceptors (Lipinski definition) is 2. The van der Waals surface area contributed by atoms with Crippen molar-refractivity contribution in [3.05, 3.63) is 0 Å². The van der Waals surface area contributed by atoms with Crippen LogP contribution in [-0.4, -0.2) is 20.3 Å². The van der Waals surface area contributed by atoms with Crippen LogP contribution in [0.3, 0.4) is 0 Å². The normalized spacial score (nSPS) is 39.9. The zero-order chi connectivity index (χ0) is 6.97. The second kappa shape index (κ2) is 2.55. The fourth-order valence-corrected chi connectivity index (χ4v) is 1.48. The van der Waals surface area contributed by atoms with Crippen molar-refractivity contribution >= 4 is 7.12 Å². The SMILES string of the molecule is C[C@H]1C[C@H]1B1OCCCO1. The Morgan fingerprint density at radius 3 is 2.40 bits per heavy atom. The molecule has 0 bridgehead atoms. The molecule has 0 N–H and O–H groups in total. The van der Waals surface area contributed by atoms with Crippen LogP contribution in [0.1, 0.15) is 19.8 Å². The highest BCUT2D eigenvalue weighted by Gasteiger charge is 2.46. The van der Waals surface area contributed by atoms with Gasteiger partial charge in [-0.25, -0.2) is 0 Å². The van der Waals surface area contributed by atoms with Crippen LogP contribution in [0, 0.1) is 5.92 Å². The molecule has 0 amide bonds. The first-order chi connectivity index (χ1) is 4.88. The molecular weight excluding hydrogens is 127 g/mol. The lowest BCUT2D eigenvalue weighted by Crippen LogP contribution is -2.30. The molecule has 0 unspecified atom stereocenters. The maximum Gasteiger partial charge on any atom is 0.460 e.